The Bertz CT molecular complexity index is 909. The molecule has 0 atom stereocenters. The van der Waals surface area contributed by atoms with Gasteiger partial charge >= 0.3 is 0 Å². The Balaban J connectivity index is 2.20. The number of hydrogen-bond donors (Lipinski definition) is 0. The highest BCUT2D eigenvalue weighted by atomic mass is 16.5. The van der Waals surface area contributed by atoms with E-state index in [2.05, 4.69) is 5.16 Å². The highest BCUT2D eigenvalue weighted by Crippen LogP contribution is 2.45. The van der Waals surface area contributed by atoms with Gasteiger partial charge in [-0.15, -0.1) is 0 Å². The Morgan fingerprint density at radius 3 is 2.04 bits per heavy atom. The molecule has 1 aliphatic rings. The van der Waals surface area contributed by atoms with Crippen molar-refractivity contribution in [3.63, 3.8) is 0 Å². The lowest BCUT2D eigenvalue weighted by Gasteiger charge is -2.21. The fraction of sp³-hybridized carbons (Fsp3) is 0.118. The molecule has 1 aliphatic carbocycles. The van der Waals surface area contributed by atoms with Crippen LogP contribution in [-0.4, -0.2) is 30.9 Å². The van der Waals surface area contributed by atoms with Crippen molar-refractivity contribution < 1.29 is 23.6 Å². The number of rotatable bonds is 2. The number of fused-ring (bicyclic) bond motifs is 3. The number of carbonyl (C=O) groups is 2. The summed E-state index contributed by atoms with van der Waals surface area (Å²) in [7, 11) is 2.86. The number of hydrogen-bond acceptors (Lipinski definition) is 6. The van der Waals surface area contributed by atoms with E-state index in [-0.39, 0.29) is 39.8 Å². The third-order valence-electron chi connectivity index (χ3n) is 4.00. The minimum atomic E-state index is -0.302. The molecular formula is C17H11NO5. The molecule has 2 aromatic carbocycles. The summed E-state index contributed by atoms with van der Waals surface area (Å²) in [5.74, 6) is -0.122. The van der Waals surface area contributed by atoms with Crippen LogP contribution in [0.3, 0.4) is 0 Å². The lowest BCUT2D eigenvalue weighted by atomic mass is 9.82. The van der Waals surface area contributed by atoms with Crippen molar-refractivity contribution >= 4 is 22.5 Å². The van der Waals surface area contributed by atoms with Crippen LogP contribution in [0.2, 0.25) is 0 Å². The van der Waals surface area contributed by atoms with Crippen LogP contribution >= 0.6 is 0 Å². The molecule has 6 nitrogen and oxygen atoms in total. The number of ether oxygens (including phenoxy) is 2. The summed E-state index contributed by atoms with van der Waals surface area (Å²) < 4.78 is 15.9. The molecule has 0 spiro atoms. The van der Waals surface area contributed by atoms with E-state index in [1.54, 1.807) is 24.3 Å². The predicted octanol–water partition coefficient (Wildman–Crippen LogP) is 2.62. The lowest BCUT2D eigenvalue weighted by molar-refractivity contribution is 0.0974. The number of aromatic nitrogens is 1. The molecule has 0 fully saturated rings. The van der Waals surface area contributed by atoms with Gasteiger partial charge in [-0.1, -0.05) is 29.4 Å². The number of nitrogens with zero attached hydrogens (tertiary/aromatic N) is 1. The fourth-order valence-corrected chi connectivity index (χ4v) is 3.03. The number of carbonyl (C=O) groups excluding carboxylic acids is 2. The van der Waals surface area contributed by atoms with Crippen LogP contribution in [0.4, 0.5) is 0 Å². The maximum absolute atomic E-state index is 12.9. The molecule has 4 rings (SSSR count). The predicted molar refractivity (Wildman–Crippen MR) is 80.4 cm³/mol. The van der Waals surface area contributed by atoms with Gasteiger partial charge in [-0.05, 0) is 0 Å². The second-order valence-electron chi connectivity index (χ2n) is 5.09. The van der Waals surface area contributed by atoms with Gasteiger partial charge in [0.15, 0.2) is 17.3 Å². The third-order valence-corrected chi connectivity index (χ3v) is 4.00. The summed E-state index contributed by atoms with van der Waals surface area (Å²) >= 11 is 0. The largest absolute Gasteiger partial charge is 0.495 e. The lowest BCUT2D eigenvalue weighted by Crippen LogP contribution is -2.22. The summed E-state index contributed by atoms with van der Waals surface area (Å²) in [6, 6.07) is 6.68. The average Bonchev–Trinajstić information content (AvgIpc) is 3.06. The molecule has 1 heterocycles. The normalized spacial score (nSPS) is 13.0. The summed E-state index contributed by atoms with van der Waals surface area (Å²) in [4.78, 5) is 25.8. The molecule has 0 radical (unpaired) electrons. The van der Waals surface area contributed by atoms with E-state index >= 15 is 0 Å². The Hall–Kier alpha value is -3.15. The monoisotopic (exact) mass is 309 g/mol. The fourth-order valence-electron chi connectivity index (χ4n) is 3.03. The van der Waals surface area contributed by atoms with Crippen molar-refractivity contribution in [1.29, 1.82) is 0 Å². The standard InChI is InChI=1S/C17H11NO5/c1-21-15-10-7-18-23-16(10)17(22-2)12-11(15)13(19)8-5-3-4-6-9(8)14(12)20/h3-7H,1-2H3. The quantitative estimate of drug-likeness (QED) is 0.566. The zero-order valence-corrected chi connectivity index (χ0v) is 12.4. The van der Waals surface area contributed by atoms with E-state index in [0.717, 1.165) is 0 Å². The SMILES string of the molecule is COc1c2c(c(OC)c3oncc13)C(=O)c1ccccc1C2=O. The van der Waals surface area contributed by atoms with Gasteiger partial charge in [0.25, 0.3) is 0 Å². The maximum atomic E-state index is 12.9. The van der Waals surface area contributed by atoms with Gasteiger partial charge in [-0.2, -0.15) is 0 Å². The topological polar surface area (TPSA) is 78.6 Å². The Labute approximate surface area is 130 Å². The minimum Gasteiger partial charge on any atom is -0.495 e. The molecule has 6 heteroatoms. The van der Waals surface area contributed by atoms with E-state index in [4.69, 9.17) is 14.0 Å². The molecule has 0 unspecified atom stereocenters. The summed E-state index contributed by atoms with van der Waals surface area (Å²) in [6.45, 7) is 0. The van der Waals surface area contributed by atoms with Crippen LogP contribution in [0, 0.1) is 0 Å². The molecule has 3 aromatic rings. The van der Waals surface area contributed by atoms with Crippen LogP contribution in [0.1, 0.15) is 31.8 Å². The van der Waals surface area contributed by atoms with E-state index in [9.17, 15) is 9.59 Å². The Kier molecular flexibility index (Phi) is 2.74. The summed E-state index contributed by atoms with van der Waals surface area (Å²) in [5, 5.41) is 4.22. The Morgan fingerprint density at radius 1 is 0.913 bits per heavy atom. The number of methoxy groups -OCH3 is 2. The Morgan fingerprint density at radius 2 is 1.48 bits per heavy atom. The van der Waals surface area contributed by atoms with Crippen LogP contribution in [0.15, 0.2) is 35.0 Å². The highest BCUT2D eigenvalue weighted by molar-refractivity contribution is 6.32. The average molecular weight is 309 g/mol. The maximum Gasteiger partial charge on any atom is 0.213 e. The van der Waals surface area contributed by atoms with Crippen molar-refractivity contribution in [2.45, 2.75) is 0 Å². The molecule has 23 heavy (non-hydrogen) atoms. The molecule has 114 valence electrons. The first kappa shape index (κ1) is 13.5. The van der Waals surface area contributed by atoms with E-state index in [0.29, 0.717) is 16.5 Å². The molecule has 0 bridgehead atoms. The zero-order chi connectivity index (χ0) is 16.1. The van der Waals surface area contributed by atoms with Gasteiger partial charge in [0.2, 0.25) is 5.58 Å². The van der Waals surface area contributed by atoms with Gasteiger partial charge < -0.3 is 14.0 Å². The molecule has 0 amide bonds. The van der Waals surface area contributed by atoms with E-state index in [1.807, 2.05) is 0 Å². The van der Waals surface area contributed by atoms with Crippen molar-refractivity contribution in [3.8, 4) is 11.5 Å². The summed E-state index contributed by atoms with van der Waals surface area (Å²) in [6.07, 6.45) is 1.44. The molecular weight excluding hydrogens is 298 g/mol. The van der Waals surface area contributed by atoms with Crippen LogP contribution in [0.25, 0.3) is 11.0 Å². The van der Waals surface area contributed by atoms with E-state index < -0.39 is 0 Å². The number of ketones is 2. The van der Waals surface area contributed by atoms with Gasteiger partial charge in [0.1, 0.15) is 5.75 Å². The van der Waals surface area contributed by atoms with Gasteiger partial charge in [0, 0.05) is 11.1 Å². The molecule has 0 saturated heterocycles. The van der Waals surface area contributed by atoms with Crippen molar-refractivity contribution in [2.75, 3.05) is 14.2 Å². The summed E-state index contributed by atoms with van der Waals surface area (Å²) in [5.41, 5.74) is 1.30. The van der Waals surface area contributed by atoms with Crippen LogP contribution in [0.5, 0.6) is 11.5 Å². The van der Waals surface area contributed by atoms with Crippen LogP contribution < -0.4 is 9.47 Å². The zero-order valence-electron chi connectivity index (χ0n) is 12.4. The van der Waals surface area contributed by atoms with Gasteiger partial charge in [0.05, 0.1) is 36.9 Å². The highest BCUT2D eigenvalue weighted by Gasteiger charge is 2.38. The van der Waals surface area contributed by atoms with Crippen molar-refractivity contribution in [2.24, 2.45) is 0 Å². The molecule has 0 N–H and O–H groups in total. The van der Waals surface area contributed by atoms with Crippen molar-refractivity contribution in [3.05, 3.63) is 52.7 Å². The molecule has 1 aromatic heterocycles. The second kappa shape index (κ2) is 4.67. The van der Waals surface area contributed by atoms with Gasteiger partial charge in [-0.25, -0.2) is 0 Å². The first-order chi connectivity index (χ1) is 11.2. The minimum absolute atomic E-state index is 0.150. The smallest absolute Gasteiger partial charge is 0.213 e. The van der Waals surface area contributed by atoms with Crippen LogP contribution in [-0.2, 0) is 0 Å². The van der Waals surface area contributed by atoms with E-state index in [1.165, 1.54) is 20.4 Å². The third kappa shape index (κ3) is 1.60. The number of benzene rings is 2. The van der Waals surface area contributed by atoms with Crippen molar-refractivity contribution in [1.82, 2.24) is 5.16 Å². The first-order valence-electron chi connectivity index (χ1n) is 6.89. The molecule has 0 aliphatic heterocycles. The first-order valence-corrected chi connectivity index (χ1v) is 6.89. The second-order valence-corrected chi connectivity index (χ2v) is 5.09. The van der Waals surface area contributed by atoms with Gasteiger partial charge in [-0.3, -0.25) is 9.59 Å². The molecule has 0 saturated carbocycles.